The van der Waals surface area contributed by atoms with Gasteiger partial charge in [-0.3, -0.25) is 4.79 Å². The first-order chi connectivity index (χ1) is 10.7. The number of aryl methyl sites for hydroxylation is 2. The predicted octanol–water partition coefficient (Wildman–Crippen LogP) is 1.87. The molecule has 0 aliphatic heterocycles. The van der Waals surface area contributed by atoms with E-state index >= 15 is 0 Å². The Morgan fingerprint density at radius 2 is 1.54 bits per heavy atom. The van der Waals surface area contributed by atoms with Crippen LogP contribution in [-0.2, 0) is 5.41 Å². The molecule has 0 amide bonds. The van der Waals surface area contributed by atoms with Crippen molar-refractivity contribution in [1.82, 2.24) is 0 Å². The molecule has 0 aliphatic rings. The maximum Gasteiger partial charge on any atom is 1.00 e. The molecule has 1 unspecified atom stereocenters. The van der Waals surface area contributed by atoms with Crippen molar-refractivity contribution < 1.29 is 29.8 Å². The van der Waals surface area contributed by atoms with Gasteiger partial charge in [-0.05, 0) is 62.0 Å². The minimum atomic E-state index is 0. The summed E-state index contributed by atoms with van der Waals surface area (Å²) in [6, 6.07) is 12.0. The van der Waals surface area contributed by atoms with Crippen LogP contribution in [0.3, 0.4) is 0 Å². The number of carbonyl (C=O) groups is 1. The Labute approximate surface area is 160 Å². The van der Waals surface area contributed by atoms with Crippen molar-refractivity contribution in [3.63, 3.8) is 0 Å². The zero-order chi connectivity index (χ0) is 17.2. The Balaban J connectivity index is 0.00000288. The van der Waals surface area contributed by atoms with E-state index in [1.54, 1.807) is 7.11 Å². The fraction of sp³-hybridized carbons (Fsp3) is 0.350. The molecule has 4 heteroatoms. The normalized spacial score (nSPS) is 11.4. The van der Waals surface area contributed by atoms with Crippen LogP contribution in [0.2, 0.25) is 0 Å². The van der Waals surface area contributed by atoms with Crippen molar-refractivity contribution >= 4 is 19.4 Å². The zero-order valence-corrected chi connectivity index (χ0v) is 16.8. The average molecular weight is 336 g/mol. The standard InChI is InChI=1S/C20H25O2P.Li.H/c1-13-11-15(20(3,4)5)12-14(2)18(13)19(21)23-17-9-7-16(22-6)8-10-17;;/h7-12,23H,1-6H3;;/q;+1;-1. The monoisotopic (exact) mass is 336 g/mol. The summed E-state index contributed by atoms with van der Waals surface area (Å²) in [5, 5.41) is 1.04. The van der Waals surface area contributed by atoms with Gasteiger partial charge in [-0.2, -0.15) is 0 Å². The third-order valence-corrected chi connectivity index (χ3v) is 5.07. The van der Waals surface area contributed by atoms with Crippen molar-refractivity contribution in [3.05, 3.63) is 58.7 Å². The van der Waals surface area contributed by atoms with Crippen LogP contribution in [0.15, 0.2) is 36.4 Å². The van der Waals surface area contributed by atoms with Gasteiger partial charge in [0.2, 0.25) is 0 Å². The van der Waals surface area contributed by atoms with E-state index in [9.17, 15) is 4.79 Å². The van der Waals surface area contributed by atoms with Gasteiger partial charge in [0.25, 0.3) is 0 Å². The number of carbonyl (C=O) groups excluding carboxylic acids is 1. The Kier molecular flexibility index (Phi) is 7.30. The van der Waals surface area contributed by atoms with E-state index in [2.05, 4.69) is 32.9 Å². The molecule has 0 N–H and O–H groups in total. The van der Waals surface area contributed by atoms with Crippen LogP contribution < -0.4 is 28.9 Å². The molecule has 24 heavy (non-hydrogen) atoms. The Hall–Kier alpha value is -1.06. The Morgan fingerprint density at radius 1 is 1.04 bits per heavy atom. The number of benzene rings is 2. The molecular weight excluding hydrogens is 310 g/mol. The van der Waals surface area contributed by atoms with Crippen molar-refractivity contribution in [1.29, 1.82) is 0 Å². The molecule has 0 radical (unpaired) electrons. The van der Waals surface area contributed by atoms with Crippen LogP contribution in [0.25, 0.3) is 0 Å². The van der Waals surface area contributed by atoms with Gasteiger partial charge in [-0.15, -0.1) is 0 Å². The minimum Gasteiger partial charge on any atom is -1.00 e. The van der Waals surface area contributed by atoms with E-state index < -0.39 is 0 Å². The first kappa shape index (κ1) is 21.0. The first-order valence-corrected chi connectivity index (χ1v) is 8.79. The molecule has 0 spiro atoms. The number of hydrogen-bond donors (Lipinski definition) is 0. The number of hydrogen-bond acceptors (Lipinski definition) is 2. The molecule has 2 aromatic carbocycles. The summed E-state index contributed by atoms with van der Waals surface area (Å²) < 4.78 is 5.16. The number of ether oxygens (including phenoxy) is 1. The summed E-state index contributed by atoms with van der Waals surface area (Å²) in [6.45, 7) is 10.7. The summed E-state index contributed by atoms with van der Waals surface area (Å²) in [6.07, 6.45) is 0. The third-order valence-electron chi connectivity index (χ3n) is 3.97. The SMILES string of the molecule is COc1ccc(PC(=O)c2c(C)cc(C(C)(C)C)cc2C)cc1.[H-].[Li+]. The van der Waals surface area contributed by atoms with E-state index in [-0.39, 0.29) is 39.8 Å². The van der Waals surface area contributed by atoms with Gasteiger partial charge in [-0.1, -0.05) is 45.0 Å². The van der Waals surface area contributed by atoms with Crippen LogP contribution in [-0.4, -0.2) is 12.6 Å². The van der Waals surface area contributed by atoms with Gasteiger partial charge in [0.05, 0.1) is 7.11 Å². The minimum absolute atomic E-state index is 0. The average Bonchev–Trinajstić information content (AvgIpc) is 2.46. The molecule has 0 bridgehead atoms. The second kappa shape index (κ2) is 8.35. The number of rotatable bonds is 4. The summed E-state index contributed by atoms with van der Waals surface area (Å²) in [5.41, 5.74) is 4.58. The van der Waals surface area contributed by atoms with Gasteiger partial charge in [0.15, 0.2) is 5.52 Å². The van der Waals surface area contributed by atoms with E-state index in [0.717, 1.165) is 27.7 Å². The summed E-state index contributed by atoms with van der Waals surface area (Å²) in [5.74, 6) is 0.813. The molecule has 0 heterocycles. The zero-order valence-electron chi connectivity index (χ0n) is 16.8. The van der Waals surface area contributed by atoms with Crippen LogP contribution in [0.1, 0.15) is 49.2 Å². The first-order valence-electron chi connectivity index (χ1n) is 7.79. The Bertz CT molecular complexity index is 698. The topological polar surface area (TPSA) is 26.3 Å². The fourth-order valence-electron chi connectivity index (χ4n) is 2.62. The molecule has 0 saturated carbocycles. The van der Waals surface area contributed by atoms with Crippen molar-refractivity contribution in [2.45, 2.75) is 40.0 Å². The van der Waals surface area contributed by atoms with E-state index in [4.69, 9.17) is 4.74 Å². The van der Waals surface area contributed by atoms with Gasteiger partial charge in [0, 0.05) is 5.56 Å². The van der Waals surface area contributed by atoms with E-state index in [0.29, 0.717) is 0 Å². The van der Waals surface area contributed by atoms with Crippen molar-refractivity contribution in [2.75, 3.05) is 7.11 Å². The smallest absolute Gasteiger partial charge is 1.00 e. The summed E-state index contributed by atoms with van der Waals surface area (Å²) in [7, 11) is 1.78. The fourth-order valence-corrected chi connectivity index (χ4v) is 3.74. The van der Waals surface area contributed by atoms with Crippen LogP contribution in [0, 0.1) is 13.8 Å². The van der Waals surface area contributed by atoms with Gasteiger partial charge in [-0.25, -0.2) is 0 Å². The molecule has 0 saturated heterocycles. The molecule has 0 aromatic heterocycles. The maximum atomic E-state index is 12.8. The molecule has 124 valence electrons. The molecule has 2 rings (SSSR count). The maximum absolute atomic E-state index is 12.8. The van der Waals surface area contributed by atoms with Gasteiger partial charge >= 0.3 is 18.9 Å². The van der Waals surface area contributed by atoms with Gasteiger partial charge < -0.3 is 6.16 Å². The molecule has 1 atom stereocenters. The molecular formula is C20H26LiO2P. The van der Waals surface area contributed by atoms with Crippen LogP contribution in [0.5, 0.6) is 5.75 Å². The van der Waals surface area contributed by atoms with Crippen molar-refractivity contribution in [3.8, 4) is 5.75 Å². The Morgan fingerprint density at radius 3 is 1.96 bits per heavy atom. The van der Waals surface area contributed by atoms with Gasteiger partial charge in [0.1, 0.15) is 5.75 Å². The number of methoxy groups -OCH3 is 1. The van der Waals surface area contributed by atoms with Crippen LogP contribution in [0.4, 0.5) is 0 Å². The second-order valence-corrected chi connectivity index (χ2v) is 8.20. The quantitative estimate of drug-likeness (QED) is 0.629. The second-order valence-electron chi connectivity index (χ2n) is 6.92. The summed E-state index contributed by atoms with van der Waals surface area (Å²) in [4.78, 5) is 12.8. The molecule has 0 aliphatic carbocycles. The largest absolute Gasteiger partial charge is 1.00 e. The van der Waals surface area contributed by atoms with E-state index in [1.165, 1.54) is 5.56 Å². The summed E-state index contributed by atoms with van der Waals surface area (Å²) >= 11 is 0. The molecule has 2 nitrogen and oxygen atoms in total. The van der Waals surface area contributed by atoms with E-state index in [1.807, 2.05) is 38.1 Å². The van der Waals surface area contributed by atoms with Crippen molar-refractivity contribution in [2.24, 2.45) is 0 Å². The molecule has 2 aromatic rings. The predicted molar refractivity (Wildman–Crippen MR) is 101 cm³/mol. The molecule has 0 fully saturated rings. The van der Waals surface area contributed by atoms with Crippen LogP contribution >= 0.6 is 8.58 Å². The third kappa shape index (κ3) is 4.97.